The predicted molar refractivity (Wildman–Crippen MR) is 120 cm³/mol. The Labute approximate surface area is 186 Å². The molecule has 0 saturated carbocycles. The van der Waals surface area contributed by atoms with Gasteiger partial charge < -0.3 is 0 Å². The summed E-state index contributed by atoms with van der Waals surface area (Å²) in [5.41, 5.74) is 2.18. The van der Waals surface area contributed by atoms with E-state index in [0.29, 0.717) is 12.1 Å². The van der Waals surface area contributed by atoms with Crippen LogP contribution in [0.1, 0.15) is 28.8 Å². The first kappa shape index (κ1) is 21.7. The molecule has 3 aromatic rings. The summed E-state index contributed by atoms with van der Waals surface area (Å²) in [5.74, 6) is -0.0132. The summed E-state index contributed by atoms with van der Waals surface area (Å²) in [4.78, 5) is 2.22. The number of hydrogen-bond acceptors (Lipinski definition) is 6. The highest BCUT2D eigenvalue weighted by molar-refractivity contribution is 7.90. The first-order valence-corrected chi connectivity index (χ1v) is 13.7. The second-order valence-corrected chi connectivity index (χ2v) is 12.7. The van der Waals surface area contributed by atoms with Gasteiger partial charge in [-0.05, 0) is 53.4 Å². The number of rotatable bonds is 4. The van der Waals surface area contributed by atoms with Gasteiger partial charge in [-0.25, -0.2) is 16.8 Å². The molecule has 0 N–H and O–H groups in total. The molecular weight excluding hydrogens is 452 g/mol. The molecule has 0 spiro atoms. The Morgan fingerprint density at radius 2 is 1.74 bits per heavy atom. The molecule has 2 aromatic carbocycles. The summed E-state index contributed by atoms with van der Waals surface area (Å²) in [6.07, 6.45) is 1.18. The van der Waals surface area contributed by atoms with Crippen molar-refractivity contribution in [2.24, 2.45) is 0 Å². The molecule has 2 heterocycles. The van der Waals surface area contributed by atoms with Crippen molar-refractivity contribution in [2.75, 3.05) is 12.8 Å². The van der Waals surface area contributed by atoms with E-state index in [0.717, 1.165) is 20.9 Å². The number of thiophene rings is 1. The van der Waals surface area contributed by atoms with Gasteiger partial charge in [0.05, 0.1) is 21.4 Å². The fourth-order valence-electron chi connectivity index (χ4n) is 3.69. The van der Waals surface area contributed by atoms with Crippen LogP contribution in [0.4, 0.5) is 0 Å². The normalized spacial score (nSPS) is 17.1. The third kappa shape index (κ3) is 4.16. The van der Waals surface area contributed by atoms with Crippen molar-refractivity contribution in [1.29, 1.82) is 5.26 Å². The van der Waals surface area contributed by atoms with Crippen molar-refractivity contribution in [1.82, 2.24) is 4.31 Å². The average Bonchev–Trinajstić information content (AvgIpc) is 3.18. The molecule has 1 aliphatic heterocycles. The van der Waals surface area contributed by atoms with Crippen LogP contribution in [0.2, 0.25) is 0 Å². The van der Waals surface area contributed by atoms with Gasteiger partial charge in [0, 0.05) is 29.1 Å². The fourth-order valence-corrected chi connectivity index (χ4v) is 7.28. The van der Waals surface area contributed by atoms with Crippen molar-refractivity contribution < 1.29 is 16.8 Å². The van der Waals surface area contributed by atoms with E-state index in [-0.39, 0.29) is 22.3 Å². The van der Waals surface area contributed by atoms with Gasteiger partial charge >= 0.3 is 0 Å². The Kier molecular flexibility index (Phi) is 5.52. The molecule has 1 atom stereocenters. The van der Waals surface area contributed by atoms with Crippen LogP contribution in [0, 0.1) is 11.3 Å². The van der Waals surface area contributed by atoms with Crippen molar-refractivity contribution in [3.8, 4) is 16.5 Å². The van der Waals surface area contributed by atoms with Gasteiger partial charge in [-0.1, -0.05) is 25.1 Å². The maximum atomic E-state index is 13.2. The van der Waals surface area contributed by atoms with Crippen molar-refractivity contribution in [2.45, 2.75) is 29.2 Å². The van der Waals surface area contributed by atoms with Crippen molar-refractivity contribution >= 4 is 31.2 Å². The zero-order valence-electron chi connectivity index (χ0n) is 16.9. The first-order valence-electron chi connectivity index (χ1n) is 9.53. The minimum absolute atomic E-state index is 0.0132. The lowest BCUT2D eigenvalue weighted by molar-refractivity contribution is 0.368. The lowest BCUT2D eigenvalue weighted by Gasteiger charge is -2.30. The zero-order chi connectivity index (χ0) is 22.4. The smallest absolute Gasteiger partial charge is 0.224 e. The van der Waals surface area contributed by atoms with Crippen LogP contribution in [0.3, 0.4) is 0 Å². The number of sulfone groups is 1. The van der Waals surface area contributed by atoms with Crippen LogP contribution in [-0.4, -0.2) is 33.9 Å². The quantitative estimate of drug-likeness (QED) is 0.572. The van der Waals surface area contributed by atoms with Crippen molar-refractivity contribution in [3.63, 3.8) is 0 Å². The maximum Gasteiger partial charge on any atom is 0.243 e. The minimum Gasteiger partial charge on any atom is -0.224 e. The highest BCUT2D eigenvalue weighted by Crippen LogP contribution is 2.40. The molecule has 0 aliphatic carbocycles. The largest absolute Gasteiger partial charge is 0.243 e. The summed E-state index contributed by atoms with van der Waals surface area (Å²) >= 11 is 1.48. The third-order valence-corrected chi connectivity index (χ3v) is 9.42. The summed E-state index contributed by atoms with van der Waals surface area (Å²) in [6, 6.07) is 16.9. The van der Waals surface area contributed by atoms with E-state index in [4.69, 9.17) is 5.26 Å². The van der Waals surface area contributed by atoms with Crippen molar-refractivity contribution in [3.05, 3.63) is 70.6 Å². The molecule has 0 radical (unpaired) electrons. The van der Waals surface area contributed by atoms with E-state index in [2.05, 4.69) is 0 Å². The van der Waals surface area contributed by atoms with Gasteiger partial charge in [0.25, 0.3) is 0 Å². The SMILES string of the molecule is CC1CN(S(=O)(=O)c2cccc(C#N)c2)Cc2sc(-c3cccc(S(C)(=O)=O)c3)cc21. The Morgan fingerprint density at radius 3 is 2.45 bits per heavy atom. The number of nitriles is 1. The lowest BCUT2D eigenvalue weighted by Crippen LogP contribution is -2.36. The molecule has 31 heavy (non-hydrogen) atoms. The molecule has 0 bridgehead atoms. The van der Waals surface area contributed by atoms with Gasteiger partial charge in [0.15, 0.2) is 9.84 Å². The first-order chi connectivity index (χ1) is 14.6. The molecule has 1 aliphatic rings. The van der Waals surface area contributed by atoms with Gasteiger partial charge in [0.1, 0.15) is 0 Å². The van der Waals surface area contributed by atoms with Gasteiger partial charge in [-0.15, -0.1) is 11.3 Å². The number of benzene rings is 2. The maximum absolute atomic E-state index is 13.2. The van der Waals surface area contributed by atoms with E-state index < -0.39 is 19.9 Å². The van der Waals surface area contributed by atoms with Crippen LogP contribution in [0.25, 0.3) is 10.4 Å². The average molecular weight is 473 g/mol. The number of fused-ring (bicyclic) bond motifs is 1. The van der Waals surface area contributed by atoms with Crippen LogP contribution in [-0.2, 0) is 26.4 Å². The lowest BCUT2D eigenvalue weighted by atomic mass is 9.98. The molecule has 4 rings (SSSR count). The molecule has 160 valence electrons. The molecule has 1 aromatic heterocycles. The van der Waals surface area contributed by atoms with Crippen LogP contribution >= 0.6 is 11.3 Å². The fraction of sp³-hybridized carbons (Fsp3) is 0.227. The molecule has 0 amide bonds. The van der Waals surface area contributed by atoms with Crippen LogP contribution < -0.4 is 0 Å². The summed E-state index contributed by atoms with van der Waals surface area (Å²) in [6.45, 7) is 2.57. The second kappa shape index (κ2) is 7.88. The van der Waals surface area contributed by atoms with Gasteiger partial charge in [-0.3, -0.25) is 0 Å². The Bertz CT molecular complexity index is 1420. The Balaban J connectivity index is 1.69. The zero-order valence-corrected chi connectivity index (χ0v) is 19.4. The van der Waals surface area contributed by atoms with E-state index >= 15 is 0 Å². The molecule has 9 heteroatoms. The van der Waals surface area contributed by atoms with Gasteiger partial charge in [-0.2, -0.15) is 9.57 Å². The molecule has 0 saturated heterocycles. The second-order valence-electron chi connectivity index (χ2n) is 7.63. The van der Waals surface area contributed by atoms with E-state index in [1.165, 1.54) is 34.0 Å². The van der Waals surface area contributed by atoms with E-state index in [9.17, 15) is 16.8 Å². The Hall–Kier alpha value is -2.51. The molecule has 0 fully saturated rings. The molecule has 6 nitrogen and oxygen atoms in total. The summed E-state index contributed by atoms with van der Waals surface area (Å²) in [7, 11) is -7.06. The highest BCUT2D eigenvalue weighted by Gasteiger charge is 2.33. The highest BCUT2D eigenvalue weighted by atomic mass is 32.2. The monoisotopic (exact) mass is 472 g/mol. The number of nitrogens with zero attached hydrogens (tertiary/aromatic N) is 2. The minimum atomic E-state index is -3.74. The molecular formula is C22H20N2O4S3. The van der Waals surface area contributed by atoms with Crippen LogP contribution in [0.15, 0.2) is 64.4 Å². The van der Waals surface area contributed by atoms with E-state index in [1.807, 2.05) is 25.1 Å². The molecule has 1 unspecified atom stereocenters. The van der Waals surface area contributed by atoms with Crippen LogP contribution in [0.5, 0.6) is 0 Å². The number of hydrogen-bond donors (Lipinski definition) is 0. The predicted octanol–water partition coefficient (Wildman–Crippen LogP) is 4.00. The third-order valence-electron chi connectivity index (χ3n) is 5.32. The Morgan fingerprint density at radius 1 is 1.03 bits per heavy atom. The summed E-state index contributed by atoms with van der Waals surface area (Å²) < 4.78 is 51.7. The number of sulfonamides is 1. The summed E-state index contributed by atoms with van der Waals surface area (Å²) in [5, 5.41) is 9.10. The van der Waals surface area contributed by atoms with E-state index in [1.54, 1.807) is 30.3 Å². The van der Waals surface area contributed by atoms with Gasteiger partial charge in [0.2, 0.25) is 10.0 Å². The topological polar surface area (TPSA) is 95.3 Å². The standard InChI is InChI=1S/C22H20N2O4S3/c1-15-13-24(31(27,28)19-8-3-5-16(9-19)12-23)14-22-20(15)11-21(29-22)17-6-4-7-18(10-17)30(2,25)26/h3-11,15H,13-14H2,1-2H3.